The molecule has 90 valence electrons. The first-order valence-electron chi connectivity index (χ1n) is 5.32. The van der Waals surface area contributed by atoms with Crippen LogP contribution in [0.1, 0.15) is 18.4 Å². The predicted octanol–water partition coefficient (Wildman–Crippen LogP) is 2.93. The van der Waals surface area contributed by atoms with Crippen molar-refractivity contribution in [2.75, 3.05) is 16.9 Å². The van der Waals surface area contributed by atoms with Gasteiger partial charge in [0.15, 0.2) is 0 Å². The molecule has 0 saturated heterocycles. The maximum atomic E-state index is 11.3. The monoisotopic (exact) mass is 267 g/mol. The Hall–Kier alpha value is -1.11. The summed E-state index contributed by atoms with van der Waals surface area (Å²) in [7, 11) is 0. The fourth-order valence-corrected chi connectivity index (χ4v) is 1.45. The second-order valence-corrected chi connectivity index (χ2v) is 4.17. The zero-order chi connectivity index (χ0) is 12.5. The number of hydrogen-bond acceptors (Lipinski definition) is 2. The van der Waals surface area contributed by atoms with Gasteiger partial charge in [-0.25, -0.2) is 0 Å². The van der Waals surface area contributed by atoms with Crippen molar-refractivity contribution in [2.24, 2.45) is 0 Å². The van der Waals surface area contributed by atoms with Gasteiger partial charge < -0.3 is 5.32 Å². The molecule has 0 heterocycles. The minimum absolute atomic E-state index is 0.0751. The molecule has 0 saturated carbocycles. The number of alkyl halides is 1. The van der Waals surface area contributed by atoms with Crippen LogP contribution in [0.15, 0.2) is 24.3 Å². The van der Waals surface area contributed by atoms with Crippen LogP contribution in [0.3, 0.4) is 0 Å². The molecule has 0 atom stereocenters. The molecular weight excluding hydrogens is 254 g/mol. The number of carbonyl (C=O) groups excluding carboxylic acids is 1. The fourth-order valence-electron chi connectivity index (χ4n) is 1.17. The summed E-state index contributed by atoms with van der Waals surface area (Å²) in [6, 6.07) is 7.41. The molecular formula is C13H14ClNOS. The fraction of sp³-hybridized carbons (Fsp3) is 0.308. The molecule has 1 aromatic carbocycles. The molecule has 0 unspecified atom stereocenters. The van der Waals surface area contributed by atoms with Crippen LogP contribution in [0.5, 0.6) is 0 Å². The van der Waals surface area contributed by atoms with E-state index in [0.29, 0.717) is 12.3 Å². The lowest BCUT2D eigenvalue weighted by Crippen LogP contribution is -2.11. The second kappa shape index (κ2) is 8.05. The van der Waals surface area contributed by atoms with E-state index in [1.807, 2.05) is 24.3 Å². The molecule has 0 aromatic heterocycles. The van der Waals surface area contributed by atoms with Gasteiger partial charge in [0, 0.05) is 35.7 Å². The minimum atomic E-state index is -0.0751. The van der Waals surface area contributed by atoms with Crippen LogP contribution < -0.4 is 5.32 Å². The molecule has 2 nitrogen and oxygen atoms in total. The smallest absolute Gasteiger partial charge is 0.225 e. The third kappa shape index (κ3) is 5.67. The Balaban J connectivity index is 2.56. The van der Waals surface area contributed by atoms with Crippen LogP contribution in [0.25, 0.3) is 0 Å². The van der Waals surface area contributed by atoms with Crippen molar-refractivity contribution in [2.45, 2.75) is 12.8 Å². The highest BCUT2D eigenvalue weighted by Crippen LogP contribution is 2.09. The third-order valence-electron chi connectivity index (χ3n) is 1.96. The van der Waals surface area contributed by atoms with E-state index in [1.54, 1.807) is 0 Å². The van der Waals surface area contributed by atoms with Crippen molar-refractivity contribution in [1.82, 2.24) is 0 Å². The van der Waals surface area contributed by atoms with E-state index in [2.05, 4.69) is 29.8 Å². The highest BCUT2D eigenvalue weighted by atomic mass is 35.5. The van der Waals surface area contributed by atoms with Crippen molar-refractivity contribution in [1.29, 1.82) is 0 Å². The molecule has 1 N–H and O–H groups in total. The number of halogens is 1. The van der Waals surface area contributed by atoms with E-state index in [4.69, 9.17) is 11.6 Å². The number of benzene rings is 1. The summed E-state index contributed by atoms with van der Waals surface area (Å²) in [5.74, 6) is 7.04. The molecule has 0 aliphatic rings. The Morgan fingerprint density at radius 2 is 2.06 bits per heavy atom. The molecule has 0 aliphatic carbocycles. The zero-order valence-corrected chi connectivity index (χ0v) is 11.0. The molecule has 0 bridgehead atoms. The molecule has 0 fully saturated rings. The van der Waals surface area contributed by atoms with Crippen LogP contribution in [0.2, 0.25) is 0 Å². The van der Waals surface area contributed by atoms with E-state index in [9.17, 15) is 4.79 Å². The van der Waals surface area contributed by atoms with Gasteiger partial charge in [0.05, 0.1) is 0 Å². The molecule has 0 radical (unpaired) electrons. The highest BCUT2D eigenvalue weighted by Gasteiger charge is 2.00. The molecule has 0 spiro atoms. The topological polar surface area (TPSA) is 29.1 Å². The SMILES string of the molecule is O=C(CCCl)Nc1ccc(C#CCCS)cc1. The van der Waals surface area contributed by atoms with Crippen molar-refractivity contribution in [3.8, 4) is 11.8 Å². The van der Waals surface area contributed by atoms with Gasteiger partial charge >= 0.3 is 0 Å². The average molecular weight is 268 g/mol. The van der Waals surface area contributed by atoms with E-state index in [1.165, 1.54) is 0 Å². The lowest BCUT2D eigenvalue weighted by atomic mass is 10.2. The average Bonchev–Trinajstić information content (AvgIpc) is 2.32. The number of rotatable bonds is 4. The maximum Gasteiger partial charge on any atom is 0.225 e. The number of carbonyl (C=O) groups is 1. The van der Waals surface area contributed by atoms with Gasteiger partial charge in [-0.05, 0) is 24.3 Å². The molecule has 17 heavy (non-hydrogen) atoms. The quantitative estimate of drug-likeness (QED) is 0.490. The Kier molecular flexibility index (Phi) is 6.61. The van der Waals surface area contributed by atoms with Gasteiger partial charge in [0.25, 0.3) is 0 Å². The van der Waals surface area contributed by atoms with Crippen LogP contribution in [0.4, 0.5) is 5.69 Å². The zero-order valence-electron chi connectivity index (χ0n) is 9.37. The number of thiol groups is 1. The Bertz CT molecular complexity index is 419. The largest absolute Gasteiger partial charge is 0.326 e. The predicted molar refractivity (Wildman–Crippen MR) is 75.8 cm³/mol. The minimum Gasteiger partial charge on any atom is -0.326 e. The van der Waals surface area contributed by atoms with Crippen LogP contribution in [-0.4, -0.2) is 17.5 Å². The van der Waals surface area contributed by atoms with Gasteiger partial charge in [0.1, 0.15) is 0 Å². The lowest BCUT2D eigenvalue weighted by molar-refractivity contribution is -0.115. The summed E-state index contributed by atoms with van der Waals surface area (Å²) in [5, 5.41) is 2.75. The molecule has 1 aromatic rings. The van der Waals surface area contributed by atoms with Gasteiger partial charge in [-0.1, -0.05) is 11.8 Å². The summed E-state index contributed by atoms with van der Waals surface area (Å²) < 4.78 is 0. The summed E-state index contributed by atoms with van der Waals surface area (Å²) >= 11 is 9.55. The number of amides is 1. The van der Waals surface area contributed by atoms with E-state index in [0.717, 1.165) is 23.4 Å². The summed E-state index contributed by atoms with van der Waals surface area (Å²) in [5.41, 5.74) is 1.70. The Morgan fingerprint density at radius 3 is 2.65 bits per heavy atom. The van der Waals surface area contributed by atoms with Crippen molar-refractivity contribution < 1.29 is 4.79 Å². The third-order valence-corrected chi connectivity index (χ3v) is 2.37. The molecule has 1 amide bonds. The van der Waals surface area contributed by atoms with Crippen LogP contribution in [-0.2, 0) is 4.79 Å². The van der Waals surface area contributed by atoms with Crippen LogP contribution >= 0.6 is 24.2 Å². The van der Waals surface area contributed by atoms with Crippen molar-refractivity contribution in [3.05, 3.63) is 29.8 Å². The molecule has 1 rings (SSSR count). The standard InChI is InChI=1S/C13H14ClNOS/c14-9-8-13(16)15-12-6-4-11(5-7-12)3-1-2-10-17/h4-7,17H,2,8-10H2,(H,15,16). The van der Waals surface area contributed by atoms with Crippen molar-refractivity contribution >= 4 is 35.8 Å². The summed E-state index contributed by atoms with van der Waals surface area (Å²) in [4.78, 5) is 11.3. The van der Waals surface area contributed by atoms with Crippen LogP contribution in [0, 0.1) is 11.8 Å². The summed E-state index contributed by atoms with van der Waals surface area (Å²) in [6.07, 6.45) is 1.10. The maximum absolute atomic E-state index is 11.3. The molecule has 4 heteroatoms. The Morgan fingerprint density at radius 1 is 1.35 bits per heavy atom. The molecule has 0 aliphatic heterocycles. The first-order chi connectivity index (χ1) is 8.26. The lowest BCUT2D eigenvalue weighted by Gasteiger charge is -2.03. The van der Waals surface area contributed by atoms with E-state index < -0.39 is 0 Å². The van der Waals surface area contributed by atoms with Gasteiger partial charge in [0.2, 0.25) is 5.91 Å². The Labute approximate surface area is 112 Å². The summed E-state index contributed by atoms with van der Waals surface area (Å²) in [6.45, 7) is 0. The normalized spacial score (nSPS) is 9.29. The van der Waals surface area contributed by atoms with E-state index >= 15 is 0 Å². The van der Waals surface area contributed by atoms with Gasteiger partial charge in [-0.3, -0.25) is 4.79 Å². The number of hydrogen-bond donors (Lipinski definition) is 2. The first kappa shape index (κ1) is 14.0. The number of nitrogens with one attached hydrogen (secondary N) is 1. The van der Waals surface area contributed by atoms with Gasteiger partial charge in [-0.2, -0.15) is 12.6 Å². The number of anilines is 1. The van der Waals surface area contributed by atoms with Gasteiger partial charge in [-0.15, -0.1) is 11.6 Å². The highest BCUT2D eigenvalue weighted by molar-refractivity contribution is 7.80. The first-order valence-corrected chi connectivity index (χ1v) is 6.48. The second-order valence-electron chi connectivity index (χ2n) is 3.34. The van der Waals surface area contributed by atoms with E-state index in [-0.39, 0.29) is 5.91 Å². The van der Waals surface area contributed by atoms with Crippen molar-refractivity contribution in [3.63, 3.8) is 0 Å².